The topological polar surface area (TPSA) is 15.3 Å². The Labute approximate surface area is 94.4 Å². The molecular formula is C13H26N2. The highest BCUT2D eigenvalue weighted by molar-refractivity contribution is 4.87. The van der Waals surface area contributed by atoms with Gasteiger partial charge in [-0.15, -0.1) is 0 Å². The lowest BCUT2D eigenvalue weighted by Crippen LogP contribution is -2.47. The van der Waals surface area contributed by atoms with Gasteiger partial charge in [0.15, 0.2) is 0 Å². The summed E-state index contributed by atoms with van der Waals surface area (Å²) in [5.41, 5.74) is 0.553. The highest BCUT2D eigenvalue weighted by Crippen LogP contribution is 2.29. The van der Waals surface area contributed by atoms with E-state index in [1.807, 2.05) is 0 Å². The first-order valence-electron chi connectivity index (χ1n) is 6.53. The third-order valence-electron chi connectivity index (χ3n) is 4.14. The Morgan fingerprint density at radius 1 is 1.40 bits per heavy atom. The van der Waals surface area contributed by atoms with Crippen LogP contribution in [0.25, 0.3) is 0 Å². The fourth-order valence-electron chi connectivity index (χ4n) is 3.02. The average molecular weight is 210 g/mol. The van der Waals surface area contributed by atoms with Crippen molar-refractivity contribution in [2.75, 3.05) is 26.2 Å². The van der Waals surface area contributed by atoms with Crippen molar-refractivity contribution in [1.29, 1.82) is 0 Å². The van der Waals surface area contributed by atoms with Crippen molar-refractivity contribution in [3.05, 3.63) is 0 Å². The number of nitrogens with one attached hydrogen (secondary N) is 1. The molecule has 0 spiro atoms. The summed E-state index contributed by atoms with van der Waals surface area (Å²) in [6.07, 6.45) is 4.15. The van der Waals surface area contributed by atoms with Gasteiger partial charge in [-0.05, 0) is 43.7 Å². The van der Waals surface area contributed by atoms with Crippen LogP contribution in [0.15, 0.2) is 0 Å². The molecule has 0 radical (unpaired) electrons. The molecule has 2 unspecified atom stereocenters. The van der Waals surface area contributed by atoms with Gasteiger partial charge in [-0.2, -0.15) is 0 Å². The zero-order chi connectivity index (χ0) is 10.9. The lowest BCUT2D eigenvalue weighted by Gasteiger charge is -2.33. The second-order valence-electron chi connectivity index (χ2n) is 6.33. The molecule has 0 bridgehead atoms. The van der Waals surface area contributed by atoms with Crippen LogP contribution in [-0.2, 0) is 0 Å². The fourth-order valence-corrected chi connectivity index (χ4v) is 3.02. The molecule has 0 aromatic heterocycles. The minimum atomic E-state index is 0.553. The first kappa shape index (κ1) is 11.4. The van der Waals surface area contributed by atoms with E-state index in [1.54, 1.807) is 0 Å². The molecule has 1 N–H and O–H groups in total. The van der Waals surface area contributed by atoms with Gasteiger partial charge in [-0.1, -0.05) is 20.8 Å². The molecule has 15 heavy (non-hydrogen) atoms. The Kier molecular flexibility index (Phi) is 3.36. The van der Waals surface area contributed by atoms with Gasteiger partial charge in [0.2, 0.25) is 0 Å². The third kappa shape index (κ3) is 2.94. The molecule has 88 valence electrons. The zero-order valence-electron chi connectivity index (χ0n) is 10.6. The summed E-state index contributed by atoms with van der Waals surface area (Å²) in [5, 5.41) is 3.68. The second-order valence-corrected chi connectivity index (χ2v) is 6.33. The van der Waals surface area contributed by atoms with Crippen LogP contribution < -0.4 is 5.32 Å². The summed E-state index contributed by atoms with van der Waals surface area (Å²) in [6, 6.07) is 0.743. The SMILES string of the molecule is CC1CCCNC1CN1CCC(C)(C)C1. The summed E-state index contributed by atoms with van der Waals surface area (Å²) in [7, 11) is 0. The maximum Gasteiger partial charge on any atom is 0.0220 e. The Morgan fingerprint density at radius 3 is 2.80 bits per heavy atom. The molecule has 2 atom stereocenters. The maximum absolute atomic E-state index is 3.68. The van der Waals surface area contributed by atoms with E-state index in [0.717, 1.165) is 12.0 Å². The quantitative estimate of drug-likeness (QED) is 0.751. The molecule has 2 saturated heterocycles. The van der Waals surface area contributed by atoms with E-state index >= 15 is 0 Å². The number of likely N-dealkylation sites (tertiary alicyclic amines) is 1. The highest BCUT2D eigenvalue weighted by atomic mass is 15.2. The van der Waals surface area contributed by atoms with E-state index in [0.29, 0.717) is 5.41 Å². The third-order valence-corrected chi connectivity index (χ3v) is 4.14. The van der Waals surface area contributed by atoms with E-state index in [2.05, 4.69) is 31.0 Å². The van der Waals surface area contributed by atoms with Crippen molar-refractivity contribution in [1.82, 2.24) is 10.2 Å². The predicted molar refractivity (Wildman–Crippen MR) is 65.0 cm³/mol. The second kappa shape index (κ2) is 4.42. The van der Waals surface area contributed by atoms with E-state index in [4.69, 9.17) is 0 Å². The number of hydrogen-bond acceptors (Lipinski definition) is 2. The van der Waals surface area contributed by atoms with E-state index in [9.17, 15) is 0 Å². The Bertz CT molecular complexity index is 213. The average Bonchev–Trinajstić information content (AvgIpc) is 2.50. The number of nitrogens with zero attached hydrogens (tertiary/aromatic N) is 1. The van der Waals surface area contributed by atoms with Crippen LogP contribution in [0.3, 0.4) is 0 Å². The Hall–Kier alpha value is -0.0800. The normalized spacial score (nSPS) is 37.0. The molecule has 0 aromatic rings. The van der Waals surface area contributed by atoms with Crippen LogP contribution in [0.1, 0.15) is 40.0 Å². The smallest absolute Gasteiger partial charge is 0.0220 e. The van der Waals surface area contributed by atoms with Crippen LogP contribution in [0.4, 0.5) is 0 Å². The molecule has 0 saturated carbocycles. The summed E-state index contributed by atoms with van der Waals surface area (Å²) in [6.45, 7) is 12.3. The van der Waals surface area contributed by atoms with Crippen LogP contribution >= 0.6 is 0 Å². The zero-order valence-corrected chi connectivity index (χ0v) is 10.6. The van der Waals surface area contributed by atoms with E-state index in [-0.39, 0.29) is 0 Å². The number of rotatable bonds is 2. The van der Waals surface area contributed by atoms with Gasteiger partial charge in [0.1, 0.15) is 0 Å². The molecule has 0 amide bonds. The van der Waals surface area contributed by atoms with Crippen molar-refractivity contribution < 1.29 is 0 Å². The Balaban J connectivity index is 1.81. The molecule has 2 aliphatic heterocycles. The molecule has 2 heteroatoms. The molecule has 2 rings (SSSR count). The summed E-state index contributed by atoms with van der Waals surface area (Å²) >= 11 is 0. The van der Waals surface area contributed by atoms with Gasteiger partial charge in [0, 0.05) is 19.1 Å². The first-order valence-corrected chi connectivity index (χ1v) is 6.53. The monoisotopic (exact) mass is 210 g/mol. The minimum absolute atomic E-state index is 0.553. The fraction of sp³-hybridized carbons (Fsp3) is 1.00. The summed E-state index contributed by atoms with van der Waals surface area (Å²) < 4.78 is 0. The van der Waals surface area contributed by atoms with Crippen molar-refractivity contribution in [3.63, 3.8) is 0 Å². The highest BCUT2D eigenvalue weighted by Gasteiger charge is 2.31. The van der Waals surface area contributed by atoms with Gasteiger partial charge in [0.25, 0.3) is 0 Å². The van der Waals surface area contributed by atoms with Crippen molar-refractivity contribution in [3.8, 4) is 0 Å². The molecular weight excluding hydrogens is 184 g/mol. The predicted octanol–water partition coefficient (Wildman–Crippen LogP) is 2.11. The van der Waals surface area contributed by atoms with Gasteiger partial charge >= 0.3 is 0 Å². The summed E-state index contributed by atoms with van der Waals surface area (Å²) in [4.78, 5) is 2.65. The standard InChI is InChI=1S/C13H26N2/c1-11-5-4-7-14-12(11)9-15-8-6-13(2,3)10-15/h11-12,14H,4-10H2,1-3H3. The molecule has 2 fully saturated rings. The van der Waals surface area contributed by atoms with Gasteiger partial charge in [0.05, 0.1) is 0 Å². The number of piperidine rings is 1. The lowest BCUT2D eigenvalue weighted by molar-refractivity contribution is 0.203. The van der Waals surface area contributed by atoms with E-state index in [1.165, 1.54) is 45.4 Å². The van der Waals surface area contributed by atoms with Crippen molar-refractivity contribution in [2.45, 2.75) is 46.1 Å². The van der Waals surface area contributed by atoms with Crippen molar-refractivity contribution >= 4 is 0 Å². The molecule has 2 aliphatic rings. The molecule has 2 heterocycles. The molecule has 0 aromatic carbocycles. The molecule has 2 nitrogen and oxygen atoms in total. The van der Waals surface area contributed by atoms with Gasteiger partial charge < -0.3 is 10.2 Å². The van der Waals surface area contributed by atoms with Gasteiger partial charge in [-0.25, -0.2) is 0 Å². The largest absolute Gasteiger partial charge is 0.312 e. The maximum atomic E-state index is 3.68. The molecule has 0 aliphatic carbocycles. The van der Waals surface area contributed by atoms with Crippen LogP contribution in [0.5, 0.6) is 0 Å². The summed E-state index contributed by atoms with van der Waals surface area (Å²) in [5.74, 6) is 0.863. The van der Waals surface area contributed by atoms with Crippen LogP contribution in [0.2, 0.25) is 0 Å². The first-order chi connectivity index (χ1) is 7.07. The van der Waals surface area contributed by atoms with Crippen LogP contribution in [-0.4, -0.2) is 37.1 Å². The van der Waals surface area contributed by atoms with Gasteiger partial charge in [-0.3, -0.25) is 0 Å². The van der Waals surface area contributed by atoms with Crippen molar-refractivity contribution in [2.24, 2.45) is 11.3 Å². The van der Waals surface area contributed by atoms with E-state index < -0.39 is 0 Å². The Morgan fingerprint density at radius 2 is 2.20 bits per heavy atom. The lowest BCUT2D eigenvalue weighted by atomic mass is 9.92. The van der Waals surface area contributed by atoms with Crippen LogP contribution in [0, 0.1) is 11.3 Å². The number of hydrogen-bond donors (Lipinski definition) is 1. The minimum Gasteiger partial charge on any atom is -0.312 e.